The molecule has 142 valence electrons. The predicted octanol–water partition coefficient (Wildman–Crippen LogP) is 8.03. The van der Waals surface area contributed by atoms with E-state index in [0.29, 0.717) is 5.92 Å². The van der Waals surface area contributed by atoms with Crippen molar-refractivity contribution in [2.24, 2.45) is 5.92 Å². The molecule has 0 rings (SSSR count). The van der Waals surface area contributed by atoms with E-state index in [2.05, 4.69) is 26.0 Å². The molecule has 0 aromatic carbocycles. The maximum atomic E-state index is 11.1. The average molecular weight is 337 g/mol. The Bertz CT molecular complexity index is 269. The van der Waals surface area contributed by atoms with Gasteiger partial charge in [0.25, 0.3) is 0 Å². The third-order valence-corrected chi connectivity index (χ3v) is 4.96. The summed E-state index contributed by atoms with van der Waals surface area (Å²) in [6, 6.07) is 0. The molecule has 0 saturated heterocycles. The lowest BCUT2D eigenvalue weighted by atomic mass is 9.96. The molecule has 0 heterocycles. The van der Waals surface area contributed by atoms with Crippen LogP contribution in [0.25, 0.3) is 0 Å². The van der Waals surface area contributed by atoms with E-state index < -0.39 is 0 Å². The van der Waals surface area contributed by atoms with Crippen LogP contribution < -0.4 is 0 Å². The quantitative estimate of drug-likeness (QED) is 0.132. The van der Waals surface area contributed by atoms with E-state index in [9.17, 15) is 4.79 Å². The van der Waals surface area contributed by atoms with E-state index in [0.717, 1.165) is 12.8 Å². The Morgan fingerprint density at radius 3 is 1.54 bits per heavy atom. The Balaban J connectivity index is 3.28. The molecule has 0 aliphatic rings. The summed E-state index contributed by atoms with van der Waals surface area (Å²) < 4.78 is 0. The molecular formula is C23H44O. The van der Waals surface area contributed by atoms with Crippen LogP contribution in [0.2, 0.25) is 0 Å². The Labute approximate surface area is 152 Å². The summed E-state index contributed by atoms with van der Waals surface area (Å²) in [5.41, 5.74) is 0. The van der Waals surface area contributed by atoms with Crippen LogP contribution in [-0.2, 0) is 4.79 Å². The van der Waals surface area contributed by atoms with Crippen molar-refractivity contribution in [3.05, 3.63) is 12.2 Å². The number of hydrogen-bond donors (Lipinski definition) is 0. The van der Waals surface area contributed by atoms with Crippen molar-refractivity contribution in [1.82, 2.24) is 0 Å². The first-order valence-electron chi connectivity index (χ1n) is 10.9. The van der Waals surface area contributed by atoms with Gasteiger partial charge in [0.2, 0.25) is 0 Å². The third-order valence-electron chi connectivity index (χ3n) is 4.96. The topological polar surface area (TPSA) is 17.1 Å². The van der Waals surface area contributed by atoms with Crippen molar-refractivity contribution >= 4 is 6.29 Å². The van der Waals surface area contributed by atoms with Crippen molar-refractivity contribution in [2.75, 3.05) is 0 Å². The highest BCUT2D eigenvalue weighted by Crippen LogP contribution is 2.16. The van der Waals surface area contributed by atoms with Crippen molar-refractivity contribution in [3.63, 3.8) is 0 Å². The average Bonchev–Trinajstić information content (AvgIpc) is 2.60. The second-order valence-corrected chi connectivity index (χ2v) is 7.41. The van der Waals surface area contributed by atoms with Crippen LogP contribution in [0.15, 0.2) is 12.2 Å². The van der Waals surface area contributed by atoms with E-state index in [4.69, 9.17) is 0 Å². The van der Waals surface area contributed by atoms with Gasteiger partial charge in [0.05, 0.1) is 0 Å². The van der Waals surface area contributed by atoms with Gasteiger partial charge in [-0.3, -0.25) is 0 Å². The summed E-state index contributed by atoms with van der Waals surface area (Å²) in [7, 11) is 0. The fourth-order valence-electron chi connectivity index (χ4n) is 3.24. The highest BCUT2D eigenvalue weighted by molar-refractivity contribution is 5.53. The summed E-state index contributed by atoms with van der Waals surface area (Å²) in [4.78, 5) is 11.1. The maximum Gasteiger partial charge on any atom is 0.123 e. The molecule has 0 fully saturated rings. The lowest BCUT2D eigenvalue weighted by molar-refractivity contribution is -0.111. The monoisotopic (exact) mass is 336 g/mol. The summed E-state index contributed by atoms with van der Waals surface area (Å²) in [5.74, 6) is 0.328. The highest BCUT2D eigenvalue weighted by atomic mass is 16.1. The van der Waals surface area contributed by atoms with Crippen LogP contribution >= 0.6 is 0 Å². The van der Waals surface area contributed by atoms with Crippen molar-refractivity contribution < 1.29 is 4.79 Å². The van der Waals surface area contributed by atoms with E-state index in [-0.39, 0.29) is 0 Å². The third kappa shape index (κ3) is 17.8. The summed E-state index contributed by atoms with van der Waals surface area (Å²) >= 11 is 0. The Kier molecular flexibility index (Phi) is 20.0. The summed E-state index contributed by atoms with van der Waals surface area (Å²) in [6.45, 7) is 4.49. The minimum Gasteiger partial charge on any atom is -0.303 e. The lowest BCUT2D eigenvalue weighted by Gasteiger charge is -2.09. The van der Waals surface area contributed by atoms with E-state index in [1.54, 1.807) is 0 Å². The molecule has 0 radical (unpaired) electrons. The molecule has 0 spiro atoms. The van der Waals surface area contributed by atoms with Crippen LogP contribution in [0.1, 0.15) is 123 Å². The van der Waals surface area contributed by atoms with E-state index in [1.165, 1.54) is 103 Å². The first-order valence-corrected chi connectivity index (χ1v) is 10.9. The largest absolute Gasteiger partial charge is 0.303 e. The Morgan fingerprint density at radius 1 is 0.583 bits per heavy atom. The standard InChI is InChI=1S/C23H44O/c1-3-5-7-8-9-10-11-12-13-14-15-16-17-19-21-23(22-24)20-18-6-4-2/h12-13,22-23H,3-11,14-21H2,1-2H3/b13-12-. The SMILES string of the molecule is CCCCCCCC/C=C\CCCCCCC(C=O)CCCCC. The molecule has 0 N–H and O–H groups in total. The molecule has 1 nitrogen and oxygen atoms in total. The first kappa shape index (κ1) is 23.4. The van der Waals surface area contributed by atoms with Crippen LogP contribution in [0.4, 0.5) is 0 Å². The molecule has 0 aliphatic heterocycles. The van der Waals surface area contributed by atoms with E-state index in [1.807, 2.05) is 0 Å². The molecule has 0 aromatic rings. The minimum absolute atomic E-state index is 0.328. The Morgan fingerprint density at radius 2 is 1.00 bits per heavy atom. The Hall–Kier alpha value is -0.590. The number of hydrogen-bond acceptors (Lipinski definition) is 1. The predicted molar refractivity (Wildman–Crippen MR) is 109 cm³/mol. The molecule has 0 aliphatic carbocycles. The van der Waals surface area contributed by atoms with Gasteiger partial charge in [0.1, 0.15) is 6.29 Å². The molecule has 24 heavy (non-hydrogen) atoms. The molecule has 1 heteroatoms. The number of aldehydes is 1. The van der Waals surface area contributed by atoms with Crippen molar-refractivity contribution in [2.45, 2.75) is 123 Å². The maximum absolute atomic E-state index is 11.1. The van der Waals surface area contributed by atoms with Crippen molar-refractivity contribution in [3.8, 4) is 0 Å². The van der Waals surface area contributed by atoms with Crippen LogP contribution in [0.3, 0.4) is 0 Å². The molecule has 1 unspecified atom stereocenters. The van der Waals surface area contributed by atoms with Gasteiger partial charge in [0, 0.05) is 5.92 Å². The zero-order valence-corrected chi connectivity index (χ0v) is 16.7. The summed E-state index contributed by atoms with van der Waals surface area (Å²) in [5, 5.41) is 0. The first-order chi connectivity index (χ1) is 11.8. The second-order valence-electron chi connectivity index (χ2n) is 7.41. The van der Waals surface area contributed by atoms with Gasteiger partial charge in [-0.2, -0.15) is 0 Å². The minimum atomic E-state index is 0.328. The van der Waals surface area contributed by atoms with Gasteiger partial charge in [-0.1, -0.05) is 96.6 Å². The fourth-order valence-corrected chi connectivity index (χ4v) is 3.24. The van der Waals surface area contributed by atoms with E-state index >= 15 is 0 Å². The number of carbonyl (C=O) groups is 1. The van der Waals surface area contributed by atoms with Gasteiger partial charge in [-0.05, 0) is 38.5 Å². The number of carbonyl (C=O) groups excluding carboxylic acids is 1. The van der Waals surface area contributed by atoms with Gasteiger partial charge in [-0.25, -0.2) is 0 Å². The van der Waals surface area contributed by atoms with Gasteiger partial charge in [-0.15, -0.1) is 0 Å². The van der Waals surface area contributed by atoms with Crippen LogP contribution in [-0.4, -0.2) is 6.29 Å². The van der Waals surface area contributed by atoms with Gasteiger partial charge >= 0.3 is 0 Å². The van der Waals surface area contributed by atoms with Crippen molar-refractivity contribution in [1.29, 1.82) is 0 Å². The van der Waals surface area contributed by atoms with Crippen LogP contribution in [0, 0.1) is 5.92 Å². The molecule has 0 amide bonds. The smallest absolute Gasteiger partial charge is 0.123 e. The highest BCUT2D eigenvalue weighted by Gasteiger charge is 2.06. The van der Waals surface area contributed by atoms with Crippen LogP contribution in [0.5, 0.6) is 0 Å². The number of allylic oxidation sites excluding steroid dienone is 2. The van der Waals surface area contributed by atoms with Gasteiger partial charge in [0.15, 0.2) is 0 Å². The fraction of sp³-hybridized carbons (Fsp3) is 0.870. The normalized spacial score (nSPS) is 12.8. The number of rotatable bonds is 19. The lowest BCUT2D eigenvalue weighted by Crippen LogP contribution is -2.02. The number of unbranched alkanes of at least 4 members (excludes halogenated alkanes) is 12. The molecule has 1 atom stereocenters. The zero-order chi connectivity index (χ0) is 17.7. The van der Waals surface area contributed by atoms with Gasteiger partial charge < -0.3 is 4.79 Å². The second kappa shape index (κ2) is 20.5. The molecule has 0 saturated carbocycles. The molecule has 0 aromatic heterocycles. The molecule has 0 bridgehead atoms. The zero-order valence-electron chi connectivity index (χ0n) is 16.7. The molecular weight excluding hydrogens is 292 g/mol. The summed E-state index contributed by atoms with van der Waals surface area (Å²) in [6.07, 6.45) is 28.0.